The van der Waals surface area contributed by atoms with Gasteiger partial charge in [0.15, 0.2) is 0 Å². The standard InChI is InChI=1S/C13H21NO2/c1-3-10-16-12-7-5-4-6-11(12)13(2,15)8-9-14/h4-7,15H,3,8-10,14H2,1-2H3. The lowest BCUT2D eigenvalue weighted by Crippen LogP contribution is -2.25. The average Bonchev–Trinajstić information content (AvgIpc) is 2.26. The molecule has 16 heavy (non-hydrogen) atoms. The minimum atomic E-state index is -0.918. The van der Waals surface area contributed by atoms with E-state index < -0.39 is 5.60 Å². The summed E-state index contributed by atoms with van der Waals surface area (Å²) in [5.74, 6) is 0.753. The summed E-state index contributed by atoms with van der Waals surface area (Å²) in [4.78, 5) is 0. The molecule has 0 spiro atoms. The zero-order valence-electron chi connectivity index (χ0n) is 10.1. The number of hydrogen-bond acceptors (Lipinski definition) is 3. The molecule has 0 saturated heterocycles. The summed E-state index contributed by atoms with van der Waals surface area (Å²) in [7, 11) is 0. The summed E-state index contributed by atoms with van der Waals surface area (Å²) in [6.45, 7) is 4.94. The Bertz CT molecular complexity index is 323. The van der Waals surface area contributed by atoms with Gasteiger partial charge in [0.25, 0.3) is 0 Å². The fraction of sp³-hybridized carbons (Fsp3) is 0.538. The predicted molar refractivity (Wildman–Crippen MR) is 65.5 cm³/mol. The highest BCUT2D eigenvalue weighted by molar-refractivity contribution is 5.37. The summed E-state index contributed by atoms with van der Waals surface area (Å²) in [6, 6.07) is 7.59. The van der Waals surface area contributed by atoms with Crippen molar-refractivity contribution in [2.75, 3.05) is 13.2 Å². The van der Waals surface area contributed by atoms with Gasteiger partial charge in [0.1, 0.15) is 5.75 Å². The molecule has 0 fully saturated rings. The van der Waals surface area contributed by atoms with Gasteiger partial charge >= 0.3 is 0 Å². The van der Waals surface area contributed by atoms with E-state index in [1.807, 2.05) is 24.3 Å². The van der Waals surface area contributed by atoms with Gasteiger partial charge < -0.3 is 15.6 Å². The molecule has 0 aliphatic carbocycles. The van der Waals surface area contributed by atoms with Crippen LogP contribution in [0.2, 0.25) is 0 Å². The summed E-state index contributed by atoms with van der Waals surface area (Å²) in [5.41, 5.74) is 5.40. The van der Waals surface area contributed by atoms with Crippen molar-refractivity contribution in [1.82, 2.24) is 0 Å². The molecular weight excluding hydrogens is 202 g/mol. The number of hydrogen-bond donors (Lipinski definition) is 2. The number of nitrogens with two attached hydrogens (primary N) is 1. The topological polar surface area (TPSA) is 55.5 Å². The highest BCUT2D eigenvalue weighted by atomic mass is 16.5. The van der Waals surface area contributed by atoms with Crippen LogP contribution < -0.4 is 10.5 Å². The highest BCUT2D eigenvalue weighted by Gasteiger charge is 2.25. The van der Waals surface area contributed by atoms with Gasteiger partial charge in [-0.05, 0) is 32.4 Å². The summed E-state index contributed by atoms with van der Waals surface area (Å²) >= 11 is 0. The number of rotatable bonds is 6. The smallest absolute Gasteiger partial charge is 0.125 e. The van der Waals surface area contributed by atoms with Gasteiger partial charge in [-0.15, -0.1) is 0 Å². The first-order valence-electron chi connectivity index (χ1n) is 5.76. The molecular formula is C13H21NO2. The van der Waals surface area contributed by atoms with Gasteiger partial charge in [0.2, 0.25) is 0 Å². The third kappa shape index (κ3) is 3.22. The van der Waals surface area contributed by atoms with Gasteiger partial charge in [-0.2, -0.15) is 0 Å². The van der Waals surface area contributed by atoms with Crippen molar-refractivity contribution in [3.8, 4) is 5.75 Å². The number of benzene rings is 1. The Kier molecular flexibility index (Phi) is 4.77. The number of ether oxygens (including phenoxy) is 1. The molecule has 90 valence electrons. The maximum atomic E-state index is 10.3. The molecule has 0 amide bonds. The first-order chi connectivity index (χ1) is 7.61. The summed E-state index contributed by atoms with van der Waals surface area (Å²) in [5, 5.41) is 10.3. The molecule has 3 heteroatoms. The first kappa shape index (κ1) is 13.0. The molecule has 0 aliphatic rings. The second-order valence-electron chi connectivity index (χ2n) is 4.16. The van der Waals surface area contributed by atoms with Crippen molar-refractivity contribution in [1.29, 1.82) is 0 Å². The molecule has 0 bridgehead atoms. The minimum absolute atomic E-state index is 0.453. The van der Waals surface area contributed by atoms with Crippen LogP contribution in [0, 0.1) is 0 Å². The van der Waals surface area contributed by atoms with Gasteiger partial charge in [0, 0.05) is 5.56 Å². The van der Waals surface area contributed by atoms with E-state index >= 15 is 0 Å². The van der Waals surface area contributed by atoms with E-state index in [1.54, 1.807) is 6.92 Å². The monoisotopic (exact) mass is 223 g/mol. The van der Waals surface area contributed by atoms with Crippen LogP contribution in [0.1, 0.15) is 32.3 Å². The number of para-hydroxylation sites is 1. The fourth-order valence-corrected chi connectivity index (χ4v) is 1.67. The molecule has 0 aromatic heterocycles. The van der Waals surface area contributed by atoms with Crippen LogP contribution >= 0.6 is 0 Å². The van der Waals surface area contributed by atoms with E-state index in [0.29, 0.717) is 19.6 Å². The Balaban J connectivity index is 2.93. The molecule has 0 aliphatic heterocycles. The third-order valence-corrected chi connectivity index (χ3v) is 2.56. The van der Waals surface area contributed by atoms with Gasteiger partial charge in [-0.1, -0.05) is 25.1 Å². The largest absolute Gasteiger partial charge is 0.493 e. The van der Waals surface area contributed by atoms with Crippen molar-refractivity contribution >= 4 is 0 Å². The zero-order valence-corrected chi connectivity index (χ0v) is 10.1. The van der Waals surface area contributed by atoms with Crippen LogP contribution in [0.25, 0.3) is 0 Å². The fourth-order valence-electron chi connectivity index (χ4n) is 1.67. The molecule has 1 atom stereocenters. The van der Waals surface area contributed by atoms with Gasteiger partial charge in [-0.3, -0.25) is 0 Å². The maximum absolute atomic E-state index is 10.3. The van der Waals surface area contributed by atoms with E-state index in [0.717, 1.165) is 17.7 Å². The third-order valence-electron chi connectivity index (χ3n) is 2.56. The second-order valence-corrected chi connectivity index (χ2v) is 4.16. The Labute approximate surface area is 97.2 Å². The van der Waals surface area contributed by atoms with Crippen LogP contribution in [-0.2, 0) is 5.60 Å². The van der Waals surface area contributed by atoms with E-state index in [9.17, 15) is 5.11 Å². The Hall–Kier alpha value is -1.06. The molecule has 0 saturated carbocycles. The quantitative estimate of drug-likeness (QED) is 0.776. The van der Waals surface area contributed by atoms with E-state index in [2.05, 4.69) is 6.92 Å². The second kappa shape index (κ2) is 5.87. The van der Waals surface area contributed by atoms with E-state index in [-0.39, 0.29) is 0 Å². The lowest BCUT2D eigenvalue weighted by atomic mass is 9.92. The van der Waals surface area contributed by atoms with Crippen molar-refractivity contribution in [2.24, 2.45) is 5.73 Å². The molecule has 3 N–H and O–H groups in total. The Morgan fingerprint density at radius 3 is 2.69 bits per heavy atom. The predicted octanol–water partition coefficient (Wildman–Crippen LogP) is 2.03. The zero-order chi connectivity index (χ0) is 12.0. The Morgan fingerprint density at radius 2 is 2.06 bits per heavy atom. The van der Waals surface area contributed by atoms with Crippen molar-refractivity contribution in [3.63, 3.8) is 0 Å². The van der Waals surface area contributed by atoms with Gasteiger partial charge in [-0.25, -0.2) is 0 Å². The van der Waals surface area contributed by atoms with Crippen molar-refractivity contribution in [2.45, 2.75) is 32.3 Å². The molecule has 1 aromatic rings. The van der Waals surface area contributed by atoms with E-state index in [1.165, 1.54) is 0 Å². The van der Waals surface area contributed by atoms with Crippen molar-refractivity contribution in [3.05, 3.63) is 29.8 Å². The summed E-state index contributed by atoms with van der Waals surface area (Å²) in [6.07, 6.45) is 1.48. The first-order valence-corrected chi connectivity index (χ1v) is 5.76. The normalized spacial score (nSPS) is 14.5. The Morgan fingerprint density at radius 1 is 1.38 bits per heavy atom. The lowest BCUT2D eigenvalue weighted by Gasteiger charge is -2.25. The molecule has 0 heterocycles. The van der Waals surface area contributed by atoms with Crippen molar-refractivity contribution < 1.29 is 9.84 Å². The van der Waals surface area contributed by atoms with Crippen LogP contribution in [0.3, 0.4) is 0 Å². The minimum Gasteiger partial charge on any atom is -0.493 e. The van der Waals surface area contributed by atoms with Crippen LogP contribution in [0.4, 0.5) is 0 Å². The molecule has 1 aromatic carbocycles. The molecule has 0 radical (unpaired) electrons. The molecule has 1 unspecified atom stereocenters. The van der Waals surface area contributed by atoms with E-state index in [4.69, 9.17) is 10.5 Å². The lowest BCUT2D eigenvalue weighted by molar-refractivity contribution is 0.0471. The number of aliphatic hydroxyl groups is 1. The highest BCUT2D eigenvalue weighted by Crippen LogP contribution is 2.31. The maximum Gasteiger partial charge on any atom is 0.125 e. The van der Waals surface area contributed by atoms with Crippen LogP contribution in [0.15, 0.2) is 24.3 Å². The van der Waals surface area contributed by atoms with Crippen LogP contribution in [-0.4, -0.2) is 18.3 Å². The SMILES string of the molecule is CCCOc1ccccc1C(C)(O)CCN. The molecule has 3 nitrogen and oxygen atoms in total. The summed E-state index contributed by atoms with van der Waals surface area (Å²) < 4.78 is 5.62. The average molecular weight is 223 g/mol. The van der Waals surface area contributed by atoms with Crippen LogP contribution in [0.5, 0.6) is 5.75 Å². The molecule has 1 rings (SSSR count). The van der Waals surface area contributed by atoms with Gasteiger partial charge in [0.05, 0.1) is 12.2 Å².